The summed E-state index contributed by atoms with van der Waals surface area (Å²) in [6, 6.07) is 15.5. The Morgan fingerprint density at radius 3 is 2.48 bits per heavy atom. The van der Waals surface area contributed by atoms with Gasteiger partial charge in [0.15, 0.2) is 0 Å². The van der Waals surface area contributed by atoms with Crippen LogP contribution in [0.25, 0.3) is 5.76 Å². The van der Waals surface area contributed by atoms with Crippen LogP contribution in [-0.2, 0) is 9.59 Å². The second-order valence-corrected chi connectivity index (χ2v) is 7.20. The van der Waals surface area contributed by atoms with Crippen LogP contribution in [0.2, 0.25) is 0 Å². The number of hydrogen-bond donors (Lipinski definition) is 1. The van der Waals surface area contributed by atoms with E-state index in [-0.39, 0.29) is 11.3 Å². The van der Waals surface area contributed by atoms with E-state index in [1.807, 2.05) is 30.3 Å². The Labute approximate surface area is 171 Å². The van der Waals surface area contributed by atoms with Crippen molar-refractivity contribution in [3.63, 3.8) is 0 Å². The first-order valence-electron chi connectivity index (χ1n) is 10.1. The second-order valence-electron chi connectivity index (χ2n) is 7.20. The summed E-state index contributed by atoms with van der Waals surface area (Å²) in [5.74, 6) is -0.715. The van der Waals surface area contributed by atoms with Crippen molar-refractivity contribution < 1.29 is 19.4 Å². The number of rotatable bonds is 8. The number of aliphatic hydroxyl groups excluding tert-OH is 1. The van der Waals surface area contributed by atoms with Gasteiger partial charge in [-0.15, -0.1) is 0 Å². The molecular weight excluding hydrogens is 366 g/mol. The normalized spacial score (nSPS) is 18.3. The molecule has 2 aromatic rings. The SMILES string of the molecule is CCCCCCN1C(=O)C(=O)C(=C(O)c2ccccc2)[C@@H]1c1cccc(OC)c1. The van der Waals surface area contributed by atoms with Crippen molar-refractivity contribution in [2.24, 2.45) is 0 Å². The number of carbonyl (C=O) groups excluding carboxylic acids is 2. The molecule has 2 aromatic carbocycles. The van der Waals surface area contributed by atoms with Crippen molar-refractivity contribution in [3.05, 3.63) is 71.3 Å². The first-order chi connectivity index (χ1) is 14.1. The molecule has 1 N–H and O–H groups in total. The molecule has 29 heavy (non-hydrogen) atoms. The highest BCUT2D eigenvalue weighted by Gasteiger charge is 2.45. The standard InChI is InChI=1S/C24H27NO4/c1-3-4-5-9-15-25-21(18-13-10-14-19(16-18)29-2)20(23(27)24(25)28)22(26)17-11-7-6-8-12-17/h6-8,10-14,16,21,26H,3-5,9,15H2,1-2H3/t21-/m0/s1. The number of nitrogens with zero attached hydrogens (tertiary/aromatic N) is 1. The molecule has 3 rings (SSSR count). The number of carbonyl (C=O) groups is 2. The minimum Gasteiger partial charge on any atom is -0.507 e. The summed E-state index contributed by atoms with van der Waals surface area (Å²) in [5.41, 5.74) is 1.39. The van der Waals surface area contributed by atoms with Crippen molar-refractivity contribution in [2.45, 2.75) is 38.6 Å². The molecular formula is C24H27NO4. The highest BCUT2D eigenvalue weighted by atomic mass is 16.5. The molecule has 0 radical (unpaired) electrons. The van der Waals surface area contributed by atoms with Crippen LogP contribution >= 0.6 is 0 Å². The maximum absolute atomic E-state index is 12.9. The summed E-state index contributed by atoms with van der Waals surface area (Å²) in [6.07, 6.45) is 3.97. The van der Waals surface area contributed by atoms with Crippen molar-refractivity contribution in [1.82, 2.24) is 4.90 Å². The topological polar surface area (TPSA) is 66.8 Å². The van der Waals surface area contributed by atoms with E-state index in [1.165, 1.54) is 0 Å². The van der Waals surface area contributed by atoms with Crippen LogP contribution < -0.4 is 4.74 Å². The lowest BCUT2D eigenvalue weighted by molar-refractivity contribution is -0.139. The third kappa shape index (κ3) is 4.34. The van der Waals surface area contributed by atoms with E-state index in [4.69, 9.17) is 4.74 Å². The Kier molecular flexibility index (Phi) is 6.70. The van der Waals surface area contributed by atoms with Crippen molar-refractivity contribution >= 4 is 17.4 Å². The van der Waals surface area contributed by atoms with E-state index >= 15 is 0 Å². The van der Waals surface area contributed by atoms with Crippen LogP contribution in [0.5, 0.6) is 5.75 Å². The minimum absolute atomic E-state index is 0.130. The van der Waals surface area contributed by atoms with Gasteiger partial charge < -0.3 is 14.7 Å². The Morgan fingerprint density at radius 1 is 1.03 bits per heavy atom. The highest BCUT2D eigenvalue weighted by molar-refractivity contribution is 6.46. The number of methoxy groups -OCH3 is 1. The zero-order chi connectivity index (χ0) is 20.8. The van der Waals surface area contributed by atoms with Gasteiger partial charge in [-0.3, -0.25) is 9.59 Å². The summed E-state index contributed by atoms with van der Waals surface area (Å²) in [7, 11) is 1.57. The fourth-order valence-corrected chi connectivity index (χ4v) is 3.73. The van der Waals surface area contributed by atoms with Gasteiger partial charge in [-0.2, -0.15) is 0 Å². The van der Waals surface area contributed by atoms with Crippen LogP contribution in [-0.4, -0.2) is 35.4 Å². The number of benzene rings is 2. The van der Waals surface area contributed by atoms with E-state index in [9.17, 15) is 14.7 Å². The maximum atomic E-state index is 12.9. The van der Waals surface area contributed by atoms with Crippen LogP contribution in [0.15, 0.2) is 60.2 Å². The van der Waals surface area contributed by atoms with Gasteiger partial charge in [-0.05, 0) is 24.1 Å². The van der Waals surface area contributed by atoms with Crippen molar-refractivity contribution in [1.29, 1.82) is 0 Å². The van der Waals surface area contributed by atoms with Crippen molar-refractivity contribution in [2.75, 3.05) is 13.7 Å². The summed E-state index contributed by atoms with van der Waals surface area (Å²) < 4.78 is 5.33. The van der Waals surface area contributed by atoms with Gasteiger partial charge in [0.1, 0.15) is 11.5 Å². The predicted octanol–water partition coefficient (Wildman–Crippen LogP) is 4.70. The summed E-state index contributed by atoms with van der Waals surface area (Å²) in [4.78, 5) is 27.4. The lowest BCUT2D eigenvalue weighted by Gasteiger charge is -2.25. The molecule has 0 aliphatic carbocycles. The fourth-order valence-electron chi connectivity index (χ4n) is 3.73. The second kappa shape index (κ2) is 9.41. The highest BCUT2D eigenvalue weighted by Crippen LogP contribution is 2.40. The maximum Gasteiger partial charge on any atom is 0.295 e. The van der Waals surface area contributed by atoms with Crippen LogP contribution in [0.1, 0.15) is 49.8 Å². The number of ether oxygens (including phenoxy) is 1. The fraction of sp³-hybridized carbons (Fsp3) is 0.333. The molecule has 1 aliphatic rings. The molecule has 0 bridgehead atoms. The van der Waals surface area contributed by atoms with Gasteiger partial charge in [0, 0.05) is 12.1 Å². The quantitative estimate of drug-likeness (QED) is 0.306. The van der Waals surface area contributed by atoms with Crippen molar-refractivity contribution in [3.8, 4) is 5.75 Å². The Morgan fingerprint density at radius 2 is 1.79 bits per heavy atom. The van der Waals surface area contributed by atoms with Gasteiger partial charge in [-0.25, -0.2) is 0 Å². The summed E-state index contributed by atoms with van der Waals surface area (Å²) >= 11 is 0. The molecule has 1 heterocycles. The van der Waals surface area contributed by atoms with Crippen LogP contribution in [0, 0.1) is 0 Å². The predicted molar refractivity (Wildman–Crippen MR) is 113 cm³/mol. The van der Waals surface area contributed by atoms with Gasteiger partial charge in [0.2, 0.25) is 0 Å². The van der Waals surface area contributed by atoms with E-state index in [1.54, 1.807) is 36.3 Å². The molecule has 0 unspecified atom stereocenters. The molecule has 1 fully saturated rings. The molecule has 152 valence electrons. The van der Waals surface area contributed by atoms with E-state index in [0.29, 0.717) is 17.9 Å². The molecule has 5 heteroatoms. The molecule has 0 spiro atoms. The average Bonchev–Trinajstić information content (AvgIpc) is 3.01. The van der Waals surface area contributed by atoms with E-state index in [0.717, 1.165) is 31.2 Å². The number of aliphatic hydroxyl groups is 1. The van der Waals surface area contributed by atoms with Gasteiger partial charge in [0.05, 0.1) is 18.7 Å². The molecule has 5 nitrogen and oxygen atoms in total. The third-order valence-corrected chi connectivity index (χ3v) is 5.25. The molecule has 1 saturated heterocycles. The number of ketones is 1. The third-order valence-electron chi connectivity index (χ3n) is 5.25. The Hall–Kier alpha value is -3.08. The first kappa shape index (κ1) is 20.6. The van der Waals surface area contributed by atoms with Gasteiger partial charge >= 0.3 is 0 Å². The largest absolute Gasteiger partial charge is 0.507 e. The number of unbranched alkanes of at least 4 members (excludes halogenated alkanes) is 3. The zero-order valence-electron chi connectivity index (χ0n) is 16.9. The lowest BCUT2D eigenvalue weighted by atomic mass is 9.95. The number of hydrogen-bond acceptors (Lipinski definition) is 4. The molecule has 0 aromatic heterocycles. The minimum atomic E-state index is -0.644. The summed E-state index contributed by atoms with van der Waals surface area (Å²) in [6.45, 7) is 2.60. The molecule has 1 amide bonds. The van der Waals surface area contributed by atoms with Gasteiger partial charge in [-0.1, -0.05) is 68.7 Å². The monoisotopic (exact) mass is 393 g/mol. The molecule has 1 aliphatic heterocycles. The number of Topliss-reactive ketones (excluding diaryl/α,β-unsaturated/α-hetero) is 1. The smallest absolute Gasteiger partial charge is 0.295 e. The zero-order valence-corrected chi connectivity index (χ0v) is 16.9. The lowest BCUT2D eigenvalue weighted by Crippen LogP contribution is -2.30. The van der Waals surface area contributed by atoms with Gasteiger partial charge in [0.25, 0.3) is 11.7 Å². The first-order valence-corrected chi connectivity index (χ1v) is 10.1. The van der Waals surface area contributed by atoms with E-state index in [2.05, 4.69) is 6.92 Å². The average molecular weight is 393 g/mol. The van der Waals surface area contributed by atoms with Crippen LogP contribution in [0.4, 0.5) is 0 Å². The number of amides is 1. The molecule has 0 saturated carbocycles. The van der Waals surface area contributed by atoms with Crippen LogP contribution in [0.3, 0.4) is 0 Å². The number of likely N-dealkylation sites (tertiary alicyclic amines) is 1. The summed E-state index contributed by atoms with van der Waals surface area (Å²) in [5, 5.41) is 10.9. The molecule has 1 atom stereocenters. The Balaban J connectivity index is 2.07. The van der Waals surface area contributed by atoms with E-state index < -0.39 is 17.7 Å². The Bertz CT molecular complexity index is 904.